The quantitative estimate of drug-likeness (QED) is 0.400. The van der Waals surface area contributed by atoms with Crippen molar-refractivity contribution < 1.29 is 14.6 Å². The second-order valence-electron chi connectivity index (χ2n) is 9.44. The van der Waals surface area contributed by atoms with Gasteiger partial charge in [-0.2, -0.15) is 0 Å². The van der Waals surface area contributed by atoms with Crippen LogP contribution in [-0.2, 0) is 9.53 Å². The van der Waals surface area contributed by atoms with Crippen LogP contribution in [0.1, 0.15) is 62.1 Å². The molecule has 1 heterocycles. The molecule has 1 spiro atoms. The van der Waals surface area contributed by atoms with Crippen molar-refractivity contribution >= 4 is 23.6 Å². The molecule has 2 N–H and O–H groups in total. The smallest absolute Gasteiger partial charge is 0.207 e. The third-order valence-electron chi connectivity index (χ3n) is 7.43. The molecule has 1 aliphatic heterocycles. The SMILES string of the molecule is C/C(=C(/O)C1(NC=O)CCC2(CCCO2)CC1)c1c(C)cc(-c2ccc(Cl)cc2)cc1C. The van der Waals surface area contributed by atoms with Crippen LogP contribution in [0.2, 0.25) is 5.02 Å². The topological polar surface area (TPSA) is 58.6 Å². The van der Waals surface area contributed by atoms with Gasteiger partial charge in [-0.05, 0) is 105 Å². The molecule has 1 aliphatic carbocycles. The number of aliphatic hydroxyl groups excluding tert-OH is 1. The summed E-state index contributed by atoms with van der Waals surface area (Å²) < 4.78 is 6.06. The fourth-order valence-corrected chi connectivity index (χ4v) is 5.81. The molecule has 4 nitrogen and oxygen atoms in total. The summed E-state index contributed by atoms with van der Waals surface area (Å²) in [7, 11) is 0. The normalized spacial score (nSPS) is 26.1. The summed E-state index contributed by atoms with van der Waals surface area (Å²) in [4.78, 5) is 11.5. The lowest BCUT2D eigenvalue weighted by Crippen LogP contribution is -2.52. The lowest BCUT2D eigenvalue weighted by atomic mass is 9.71. The first kappa shape index (κ1) is 22.9. The molecule has 4 rings (SSSR count). The zero-order valence-electron chi connectivity index (χ0n) is 19.1. The Morgan fingerprint density at radius 1 is 1.03 bits per heavy atom. The van der Waals surface area contributed by atoms with E-state index >= 15 is 0 Å². The largest absolute Gasteiger partial charge is 0.510 e. The summed E-state index contributed by atoms with van der Waals surface area (Å²) in [5, 5.41) is 15.2. The molecule has 170 valence electrons. The number of amides is 1. The summed E-state index contributed by atoms with van der Waals surface area (Å²) in [5.74, 6) is 0.267. The molecular formula is C27H32ClNO3. The van der Waals surface area contributed by atoms with Crippen molar-refractivity contribution in [3.8, 4) is 11.1 Å². The molecular weight excluding hydrogens is 422 g/mol. The standard InChI is InChI=1S/C27H32ClNO3/c1-18-15-22(21-5-7-23(28)8-6-21)16-19(2)24(18)20(3)25(31)27(29-17-30)12-10-26(11-13-27)9-4-14-32-26/h5-8,15-17,31H,4,9-14H2,1-3H3,(H,29,30)/b25-20-. The summed E-state index contributed by atoms with van der Waals surface area (Å²) in [6.45, 7) is 6.91. The zero-order chi connectivity index (χ0) is 22.9. The van der Waals surface area contributed by atoms with Crippen molar-refractivity contribution in [1.29, 1.82) is 0 Å². The molecule has 0 atom stereocenters. The van der Waals surface area contributed by atoms with E-state index in [0.29, 0.717) is 17.9 Å². The zero-order valence-corrected chi connectivity index (χ0v) is 19.9. The first-order chi connectivity index (χ1) is 15.3. The van der Waals surface area contributed by atoms with Crippen LogP contribution < -0.4 is 5.32 Å². The Morgan fingerprint density at radius 3 is 2.19 bits per heavy atom. The fourth-order valence-electron chi connectivity index (χ4n) is 5.69. The molecule has 1 saturated heterocycles. The van der Waals surface area contributed by atoms with Gasteiger partial charge in [0.05, 0.1) is 11.1 Å². The minimum Gasteiger partial charge on any atom is -0.510 e. The highest BCUT2D eigenvalue weighted by molar-refractivity contribution is 6.30. The number of halogens is 1. The number of hydrogen-bond donors (Lipinski definition) is 2. The van der Waals surface area contributed by atoms with E-state index < -0.39 is 5.54 Å². The Bertz CT molecular complexity index is 1000. The molecule has 2 fully saturated rings. The number of ether oxygens (including phenoxy) is 1. The molecule has 2 aromatic carbocycles. The van der Waals surface area contributed by atoms with Crippen LogP contribution in [0.4, 0.5) is 0 Å². The van der Waals surface area contributed by atoms with Crippen LogP contribution in [0.5, 0.6) is 0 Å². The second kappa shape index (κ2) is 8.92. The highest BCUT2D eigenvalue weighted by Gasteiger charge is 2.47. The Kier molecular flexibility index (Phi) is 6.37. The summed E-state index contributed by atoms with van der Waals surface area (Å²) >= 11 is 6.04. The van der Waals surface area contributed by atoms with Crippen molar-refractivity contribution in [3.05, 3.63) is 63.9 Å². The van der Waals surface area contributed by atoms with E-state index in [1.165, 1.54) is 0 Å². The Morgan fingerprint density at radius 2 is 1.66 bits per heavy atom. The van der Waals surface area contributed by atoms with Gasteiger partial charge in [0.25, 0.3) is 0 Å². The predicted molar refractivity (Wildman–Crippen MR) is 130 cm³/mol. The van der Waals surface area contributed by atoms with Crippen LogP contribution in [0.15, 0.2) is 42.2 Å². The highest BCUT2D eigenvalue weighted by Crippen LogP contribution is 2.46. The van der Waals surface area contributed by atoms with Gasteiger partial charge in [0.15, 0.2) is 0 Å². The molecule has 0 unspecified atom stereocenters. The summed E-state index contributed by atoms with van der Waals surface area (Å²) in [6.07, 6.45) is 5.93. The fraction of sp³-hybridized carbons (Fsp3) is 0.444. The molecule has 1 amide bonds. The summed E-state index contributed by atoms with van der Waals surface area (Å²) in [6, 6.07) is 12.1. The first-order valence-corrected chi connectivity index (χ1v) is 11.8. The number of carbonyl (C=O) groups excluding carboxylic acids is 1. The monoisotopic (exact) mass is 453 g/mol. The van der Waals surface area contributed by atoms with E-state index in [1.54, 1.807) is 0 Å². The maximum Gasteiger partial charge on any atom is 0.207 e. The predicted octanol–water partition coefficient (Wildman–Crippen LogP) is 6.52. The van der Waals surface area contributed by atoms with E-state index in [2.05, 4.69) is 31.3 Å². The van der Waals surface area contributed by atoms with E-state index in [4.69, 9.17) is 16.3 Å². The molecule has 1 saturated carbocycles. The molecule has 0 radical (unpaired) electrons. The number of benzene rings is 2. The number of carbonyl (C=O) groups is 1. The van der Waals surface area contributed by atoms with Crippen LogP contribution in [-0.4, -0.2) is 29.3 Å². The van der Waals surface area contributed by atoms with Crippen LogP contribution >= 0.6 is 11.6 Å². The van der Waals surface area contributed by atoms with Crippen molar-refractivity contribution in [1.82, 2.24) is 5.32 Å². The number of hydrogen-bond acceptors (Lipinski definition) is 3. The Balaban J connectivity index is 1.69. The van der Waals surface area contributed by atoms with Crippen molar-refractivity contribution in [2.24, 2.45) is 0 Å². The molecule has 5 heteroatoms. The van der Waals surface area contributed by atoms with Crippen LogP contribution in [0.25, 0.3) is 16.7 Å². The molecule has 0 aromatic heterocycles. The van der Waals surface area contributed by atoms with E-state index in [-0.39, 0.29) is 11.4 Å². The van der Waals surface area contributed by atoms with Gasteiger partial charge in [-0.3, -0.25) is 4.79 Å². The van der Waals surface area contributed by atoms with Crippen molar-refractivity contribution in [2.45, 2.75) is 70.4 Å². The molecule has 2 aromatic rings. The number of aliphatic hydroxyl groups is 1. The van der Waals surface area contributed by atoms with Gasteiger partial charge in [0.2, 0.25) is 6.41 Å². The maximum absolute atomic E-state index is 11.5. The average Bonchev–Trinajstić information content (AvgIpc) is 3.23. The maximum atomic E-state index is 11.5. The summed E-state index contributed by atoms with van der Waals surface area (Å²) in [5.41, 5.74) is 5.44. The van der Waals surface area contributed by atoms with Crippen molar-refractivity contribution in [2.75, 3.05) is 6.61 Å². The van der Waals surface area contributed by atoms with Gasteiger partial charge in [0.1, 0.15) is 5.76 Å². The number of rotatable bonds is 5. The van der Waals surface area contributed by atoms with E-state index in [9.17, 15) is 9.90 Å². The highest BCUT2D eigenvalue weighted by atomic mass is 35.5. The van der Waals surface area contributed by atoms with Gasteiger partial charge in [-0.25, -0.2) is 0 Å². The average molecular weight is 454 g/mol. The number of nitrogens with one attached hydrogen (secondary N) is 1. The first-order valence-electron chi connectivity index (χ1n) is 11.4. The third kappa shape index (κ3) is 4.18. The van der Waals surface area contributed by atoms with Gasteiger partial charge >= 0.3 is 0 Å². The van der Waals surface area contributed by atoms with E-state index in [1.807, 2.05) is 31.2 Å². The third-order valence-corrected chi connectivity index (χ3v) is 7.68. The minimum absolute atomic E-state index is 0.0751. The van der Waals surface area contributed by atoms with Crippen LogP contribution in [0, 0.1) is 13.8 Å². The van der Waals surface area contributed by atoms with Crippen LogP contribution in [0.3, 0.4) is 0 Å². The molecule has 2 aliphatic rings. The van der Waals surface area contributed by atoms with Gasteiger partial charge in [-0.15, -0.1) is 0 Å². The lowest BCUT2D eigenvalue weighted by molar-refractivity contribution is -0.112. The Labute approximate surface area is 195 Å². The molecule has 0 bridgehead atoms. The van der Waals surface area contributed by atoms with Gasteiger partial charge in [0, 0.05) is 11.6 Å². The van der Waals surface area contributed by atoms with Crippen molar-refractivity contribution in [3.63, 3.8) is 0 Å². The molecule has 32 heavy (non-hydrogen) atoms. The lowest BCUT2D eigenvalue weighted by Gasteiger charge is -2.44. The van der Waals surface area contributed by atoms with Gasteiger partial charge < -0.3 is 15.2 Å². The number of aryl methyl sites for hydroxylation is 2. The van der Waals surface area contributed by atoms with E-state index in [0.717, 1.165) is 72.1 Å². The minimum atomic E-state index is -0.739. The van der Waals surface area contributed by atoms with Gasteiger partial charge in [-0.1, -0.05) is 35.9 Å². The Hall–Kier alpha value is -2.30. The number of allylic oxidation sites excluding steroid dienone is 1. The second-order valence-corrected chi connectivity index (χ2v) is 9.88.